The van der Waals surface area contributed by atoms with Gasteiger partial charge in [0.1, 0.15) is 5.82 Å². The second-order valence-electron chi connectivity index (χ2n) is 4.22. The Bertz CT molecular complexity index is 586. The molecule has 7 heteroatoms. The number of rotatable bonds is 3. The van der Waals surface area contributed by atoms with E-state index in [-0.39, 0.29) is 5.28 Å². The van der Waals surface area contributed by atoms with Gasteiger partial charge in [0, 0.05) is 11.4 Å². The summed E-state index contributed by atoms with van der Waals surface area (Å²) in [6.45, 7) is 1.44. The van der Waals surface area contributed by atoms with E-state index in [2.05, 4.69) is 15.3 Å². The number of halogens is 4. The van der Waals surface area contributed by atoms with E-state index in [0.717, 1.165) is 0 Å². The molecule has 0 amide bonds. The lowest BCUT2D eigenvalue weighted by Gasteiger charge is -2.17. The summed E-state index contributed by atoms with van der Waals surface area (Å²) >= 11 is 5.76. The molecular formula is C12H11ClF3N3. The zero-order valence-corrected chi connectivity index (χ0v) is 10.8. The number of anilines is 1. The lowest BCUT2D eigenvalue weighted by atomic mass is 10.2. The third-order valence-electron chi connectivity index (χ3n) is 2.50. The van der Waals surface area contributed by atoms with Crippen LogP contribution < -0.4 is 5.32 Å². The van der Waals surface area contributed by atoms with Crippen LogP contribution in [0, 0.1) is 0 Å². The number of hydrogen-bond donors (Lipinski definition) is 1. The van der Waals surface area contributed by atoms with Gasteiger partial charge in [0.15, 0.2) is 0 Å². The van der Waals surface area contributed by atoms with Crippen LogP contribution in [0.4, 0.5) is 19.0 Å². The minimum Gasteiger partial charge on any atom is -0.367 e. The fourth-order valence-electron chi connectivity index (χ4n) is 1.79. The Morgan fingerprint density at radius 2 is 1.95 bits per heavy atom. The first-order valence-corrected chi connectivity index (χ1v) is 5.98. The van der Waals surface area contributed by atoms with Crippen molar-refractivity contribution in [1.29, 1.82) is 0 Å². The van der Waals surface area contributed by atoms with Crippen LogP contribution >= 0.6 is 11.6 Å². The van der Waals surface area contributed by atoms with Crippen LogP contribution in [-0.4, -0.2) is 22.2 Å². The maximum absolute atomic E-state index is 12.3. The highest BCUT2D eigenvalue weighted by Crippen LogP contribution is 2.26. The molecule has 1 aromatic carbocycles. The van der Waals surface area contributed by atoms with Gasteiger partial charge in [0.05, 0.1) is 11.9 Å². The summed E-state index contributed by atoms with van der Waals surface area (Å²) in [7, 11) is 0. The normalized spacial score (nSPS) is 13.5. The average molecular weight is 290 g/mol. The molecule has 19 heavy (non-hydrogen) atoms. The maximum atomic E-state index is 12.3. The molecule has 1 atom stereocenters. The molecule has 1 heterocycles. The second kappa shape index (κ2) is 5.21. The molecule has 0 saturated carbocycles. The molecule has 1 N–H and O–H groups in total. The van der Waals surface area contributed by atoms with E-state index in [4.69, 9.17) is 11.6 Å². The second-order valence-corrected chi connectivity index (χ2v) is 4.56. The quantitative estimate of drug-likeness (QED) is 0.867. The van der Waals surface area contributed by atoms with Crippen LogP contribution in [0.15, 0.2) is 24.3 Å². The summed E-state index contributed by atoms with van der Waals surface area (Å²) < 4.78 is 36.9. The molecule has 0 aliphatic rings. The zero-order valence-electron chi connectivity index (χ0n) is 10.0. The van der Waals surface area contributed by atoms with Crippen LogP contribution in [0.25, 0.3) is 10.9 Å². The van der Waals surface area contributed by atoms with Crippen molar-refractivity contribution in [1.82, 2.24) is 9.97 Å². The smallest absolute Gasteiger partial charge is 0.367 e. The lowest BCUT2D eigenvalue weighted by molar-refractivity contribution is -0.136. The minimum absolute atomic E-state index is 0.000378. The molecule has 0 radical (unpaired) electrons. The molecule has 0 bridgehead atoms. The first-order chi connectivity index (χ1) is 8.85. The number of para-hydroxylation sites is 1. The van der Waals surface area contributed by atoms with Crippen molar-refractivity contribution in [3.05, 3.63) is 29.5 Å². The van der Waals surface area contributed by atoms with Crippen molar-refractivity contribution in [2.45, 2.75) is 25.6 Å². The van der Waals surface area contributed by atoms with Gasteiger partial charge >= 0.3 is 6.18 Å². The molecule has 1 unspecified atom stereocenters. The van der Waals surface area contributed by atoms with E-state index in [9.17, 15) is 13.2 Å². The molecule has 3 nitrogen and oxygen atoms in total. The highest BCUT2D eigenvalue weighted by Gasteiger charge is 2.30. The molecule has 0 aliphatic heterocycles. The molecule has 102 valence electrons. The molecular weight excluding hydrogens is 279 g/mol. The summed E-state index contributed by atoms with van der Waals surface area (Å²) in [6, 6.07) is 6.19. The summed E-state index contributed by atoms with van der Waals surface area (Å²) in [5.74, 6) is 0.312. The van der Waals surface area contributed by atoms with Crippen LogP contribution in [0.2, 0.25) is 5.28 Å². The van der Waals surface area contributed by atoms with Gasteiger partial charge in [-0.25, -0.2) is 9.97 Å². The molecule has 1 aromatic heterocycles. The number of alkyl halides is 3. The Balaban J connectivity index is 2.29. The van der Waals surface area contributed by atoms with Crippen LogP contribution in [0.5, 0.6) is 0 Å². The molecule has 2 rings (SSSR count). The summed E-state index contributed by atoms with van der Waals surface area (Å²) in [6.07, 6.45) is -5.16. The molecule has 0 saturated heterocycles. The monoisotopic (exact) mass is 289 g/mol. The van der Waals surface area contributed by atoms with E-state index >= 15 is 0 Å². The van der Waals surface area contributed by atoms with E-state index in [1.54, 1.807) is 24.3 Å². The van der Waals surface area contributed by atoms with Crippen LogP contribution in [0.1, 0.15) is 13.3 Å². The molecule has 0 fully saturated rings. The van der Waals surface area contributed by atoms with Crippen molar-refractivity contribution < 1.29 is 13.2 Å². The third kappa shape index (κ3) is 3.70. The number of hydrogen-bond acceptors (Lipinski definition) is 3. The predicted molar refractivity (Wildman–Crippen MR) is 68.3 cm³/mol. The van der Waals surface area contributed by atoms with Crippen molar-refractivity contribution >= 4 is 28.3 Å². The Hall–Kier alpha value is -1.56. The molecule has 2 aromatic rings. The predicted octanol–water partition coefficient (Wildman–Crippen LogP) is 4.04. The largest absolute Gasteiger partial charge is 0.391 e. The van der Waals surface area contributed by atoms with Gasteiger partial charge in [-0.2, -0.15) is 13.2 Å². The molecule has 0 aliphatic carbocycles. The van der Waals surface area contributed by atoms with Crippen molar-refractivity contribution in [3.63, 3.8) is 0 Å². The zero-order chi connectivity index (χ0) is 14.0. The lowest BCUT2D eigenvalue weighted by Crippen LogP contribution is -2.24. The highest BCUT2D eigenvalue weighted by molar-refractivity contribution is 6.28. The van der Waals surface area contributed by atoms with Crippen LogP contribution in [-0.2, 0) is 0 Å². The SMILES string of the molecule is CC(CC(F)(F)F)Nc1nc(Cl)nc2ccccc12. The van der Waals surface area contributed by atoms with Gasteiger partial charge in [0.25, 0.3) is 0 Å². The average Bonchev–Trinajstić information content (AvgIpc) is 2.25. The summed E-state index contributed by atoms with van der Waals surface area (Å²) in [5.41, 5.74) is 0.587. The summed E-state index contributed by atoms with van der Waals surface area (Å²) in [5, 5.41) is 3.37. The van der Waals surface area contributed by atoms with Gasteiger partial charge in [-0.15, -0.1) is 0 Å². The fraction of sp³-hybridized carbons (Fsp3) is 0.333. The van der Waals surface area contributed by atoms with Gasteiger partial charge < -0.3 is 5.32 Å². The van der Waals surface area contributed by atoms with Gasteiger partial charge in [-0.3, -0.25) is 0 Å². The van der Waals surface area contributed by atoms with Gasteiger partial charge in [-0.1, -0.05) is 12.1 Å². The first kappa shape index (κ1) is 13.9. The maximum Gasteiger partial charge on any atom is 0.391 e. The van der Waals surface area contributed by atoms with Crippen molar-refractivity contribution in [2.75, 3.05) is 5.32 Å². The van der Waals surface area contributed by atoms with Crippen molar-refractivity contribution in [2.24, 2.45) is 0 Å². The topological polar surface area (TPSA) is 37.8 Å². The van der Waals surface area contributed by atoms with E-state index in [1.165, 1.54) is 6.92 Å². The fourth-order valence-corrected chi connectivity index (χ4v) is 1.97. The van der Waals surface area contributed by atoms with Crippen LogP contribution in [0.3, 0.4) is 0 Å². The number of nitrogens with zero attached hydrogens (tertiary/aromatic N) is 2. The Morgan fingerprint density at radius 3 is 2.63 bits per heavy atom. The van der Waals surface area contributed by atoms with Gasteiger partial charge in [-0.05, 0) is 30.7 Å². The molecule has 0 spiro atoms. The number of benzene rings is 1. The Labute approximate surface area is 112 Å². The number of aromatic nitrogens is 2. The Morgan fingerprint density at radius 1 is 1.26 bits per heavy atom. The van der Waals surface area contributed by atoms with E-state index in [0.29, 0.717) is 16.7 Å². The number of fused-ring (bicyclic) bond motifs is 1. The van der Waals surface area contributed by atoms with Gasteiger partial charge in [0.2, 0.25) is 5.28 Å². The highest BCUT2D eigenvalue weighted by atomic mass is 35.5. The van der Waals surface area contributed by atoms with Crippen molar-refractivity contribution in [3.8, 4) is 0 Å². The standard InChI is InChI=1S/C12H11ClF3N3/c1-7(6-12(14,15)16)17-10-8-4-2-3-5-9(8)18-11(13)19-10/h2-5,7H,6H2,1H3,(H,17,18,19). The van der Waals surface area contributed by atoms with E-state index < -0.39 is 18.6 Å². The first-order valence-electron chi connectivity index (χ1n) is 5.61. The minimum atomic E-state index is -4.22. The Kier molecular flexibility index (Phi) is 3.80. The van der Waals surface area contributed by atoms with E-state index in [1.807, 2.05) is 0 Å². The number of nitrogens with one attached hydrogen (secondary N) is 1. The third-order valence-corrected chi connectivity index (χ3v) is 2.67. The summed E-state index contributed by atoms with van der Waals surface area (Å²) in [4.78, 5) is 7.96.